The van der Waals surface area contributed by atoms with Crippen molar-refractivity contribution in [3.05, 3.63) is 23.8 Å². The monoisotopic (exact) mass is 301 g/mol. The number of aromatic carboxylic acids is 1. The molecule has 1 unspecified atom stereocenters. The Hall–Kier alpha value is -1.64. The van der Waals surface area contributed by atoms with E-state index < -0.39 is 33.4 Å². The van der Waals surface area contributed by atoms with Gasteiger partial charge in [-0.1, -0.05) is 0 Å². The smallest absolute Gasteiger partial charge is 0.339 e. The lowest BCUT2D eigenvalue weighted by atomic mass is 10.2. The fourth-order valence-corrected chi connectivity index (χ4v) is 2.86. The third-order valence-electron chi connectivity index (χ3n) is 3.16. The minimum absolute atomic E-state index is 0.115. The molecule has 20 heavy (non-hydrogen) atoms. The Morgan fingerprint density at radius 1 is 1.40 bits per heavy atom. The van der Waals surface area contributed by atoms with E-state index in [0.717, 1.165) is 31.0 Å². The Bertz CT molecular complexity index is 623. The van der Waals surface area contributed by atoms with Crippen molar-refractivity contribution < 1.29 is 28.5 Å². The molecular formula is C12H15NO6S. The Labute approximate surface area is 115 Å². The van der Waals surface area contributed by atoms with Crippen LogP contribution < -0.4 is 4.72 Å². The molecule has 4 N–H and O–H groups in total. The molecule has 0 amide bonds. The molecule has 7 nitrogen and oxygen atoms in total. The highest BCUT2D eigenvalue weighted by Gasteiger charge is 2.30. The average molecular weight is 301 g/mol. The molecule has 0 spiro atoms. The van der Waals surface area contributed by atoms with Crippen LogP contribution in [0, 0.1) is 5.92 Å². The van der Waals surface area contributed by atoms with Gasteiger partial charge in [0.1, 0.15) is 11.3 Å². The Morgan fingerprint density at radius 2 is 2.05 bits per heavy atom. The van der Waals surface area contributed by atoms with E-state index in [9.17, 15) is 23.4 Å². The second-order valence-electron chi connectivity index (χ2n) is 4.74. The molecule has 0 aromatic heterocycles. The largest absolute Gasteiger partial charge is 0.507 e. The quantitative estimate of drug-likeness (QED) is 0.592. The van der Waals surface area contributed by atoms with Crippen LogP contribution in [0.15, 0.2) is 23.1 Å². The van der Waals surface area contributed by atoms with Gasteiger partial charge in [-0.05, 0) is 37.0 Å². The molecule has 0 saturated heterocycles. The molecule has 1 aliphatic rings. The lowest BCUT2D eigenvalue weighted by Gasteiger charge is -2.12. The van der Waals surface area contributed by atoms with E-state index in [1.165, 1.54) is 0 Å². The first-order valence-corrected chi connectivity index (χ1v) is 7.53. The molecule has 0 bridgehead atoms. The minimum Gasteiger partial charge on any atom is -0.507 e. The summed E-state index contributed by atoms with van der Waals surface area (Å²) in [5.41, 5.74) is -0.490. The summed E-state index contributed by atoms with van der Waals surface area (Å²) in [4.78, 5) is 10.6. The number of rotatable bonds is 6. The summed E-state index contributed by atoms with van der Waals surface area (Å²) < 4.78 is 26.2. The maximum Gasteiger partial charge on any atom is 0.339 e. The van der Waals surface area contributed by atoms with Crippen LogP contribution in [-0.2, 0) is 10.0 Å². The summed E-state index contributed by atoms with van der Waals surface area (Å²) in [6.45, 7) is -0.115. The lowest BCUT2D eigenvalue weighted by molar-refractivity contribution is 0.0693. The van der Waals surface area contributed by atoms with Crippen molar-refractivity contribution >= 4 is 16.0 Å². The molecule has 0 aliphatic heterocycles. The summed E-state index contributed by atoms with van der Waals surface area (Å²) >= 11 is 0. The van der Waals surface area contributed by atoms with Gasteiger partial charge < -0.3 is 15.3 Å². The number of carboxylic acids is 1. The zero-order chi connectivity index (χ0) is 14.9. The molecule has 8 heteroatoms. The zero-order valence-electron chi connectivity index (χ0n) is 10.5. The highest BCUT2D eigenvalue weighted by molar-refractivity contribution is 7.89. The number of carboxylic acid groups (broad SMARTS) is 1. The number of phenols is 1. The van der Waals surface area contributed by atoms with Crippen molar-refractivity contribution in [1.82, 2.24) is 4.72 Å². The van der Waals surface area contributed by atoms with Gasteiger partial charge in [0, 0.05) is 6.54 Å². The first-order chi connectivity index (χ1) is 9.31. The standard InChI is InChI=1S/C12H15NO6S/c14-10-4-3-8(5-9(10)12(16)17)20(18,19)13-6-11(15)7-1-2-7/h3-5,7,11,13-15H,1-2,6H2,(H,16,17). The van der Waals surface area contributed by atoms with Crippen LogP contribution >= 0.6 is 0 Å². The first-order valence-electron chi connectivity index (χ1n) is 6.05. The molecule has 1 aromatic carbocycles. The zero-order valence-corrected chi connectivity index (χ0v) is 11.3. The number of benzene rings is 1. The highest BCUT2D eigenvalue weighted by atomic mass is 32.2. The topological polar surface area (TPSA) is 124 Å². The summed E-state index contributed by atoms with van der Waals surface area (Å²) in [5.74, 6) is -1.79. The molecule has 1 aromatic rings. The molecule has 0 heterocycles. The van der Waals surface area contributed by atoms with Crippen LogP contribution in [0.3, 0.4) is 0 Å². The molecule has 1 atom stereocenters. The van der Waals surface area contributed by atoms with Crippen LogP contribution in [0.25, 0.3) is 0 Å². The Balaban J connectivity index is 2.16. The summed E-state index contributed by atoms with van der Waals surface area (Å²) in [6.07, 6.45) is 1.03. The van der Waals surface area contributed by atoms with Gasteiger partial charge in [0.25, 0.3) is 0 Å². The number of sulfonamides is 1. The molecular weight excluding hydrogens is 286 g/mol. The van der Waals surface area contributed by atoms with Crippen molar-refractivity contribution in [2.45, 2.75) is 23.8 Å². The molecule has 110 valence electrons. The van der Waals surface area contributed by atoms with E-state index in [1.807, 2.05) is 0 Å². The van der Waals surface area contributed by atoms with E-state index in [0.29, 0.717) is 0 Å². The van der Waals surface area contributed by atoms with Gasteiger partial charge >= 0.3 is 5.97 Å². The van der Waals surface area contributed by atoms with Crippen molar-refractivity contribution in [2.24, 2.45) is 5.92 Å². The summed E-state index contributed by atoms with van der Waals surface area (Å²) in [5, 5.41) is 27.8. The Kier molecular flexibility index (Phi) is 3.98. The fourth-order valence-electron chi connectivity index (χ4n) is 1.78. The van der Waals surface area contributed by atoms with Crippen molar-refractivity contribution in [1.29, 1.82) is 0 Å². The van der Waals surface area contributed by atoms with Crippen molar-refractivity contribution in [3.63, 3.8) is 0 Å². The van der Waals surface area contributed by atoms with Crippen molar-refractivity contribution in [3.8, 4) is 5.75 Å². The molecule has 1 fully saturated rings. The van der Waals surface area contributed by atoms with Gasteiger partial charge in [0.05, 0.1) is 11.0 Å². The van der Waals surface area contributed by atoms with Gasteiger partial charge in [0.2, 0.25) is 10.0 Å². The lowest BCUT2D eigenvalue weighted by Crippen LogP contribution is -2.33. The van der Waals surface area contributed by atoms with Crippen LogP contribution in [-0.4, -0.2) is 42.4 Å². The van der Waals surface area contributed by atoms with Gasteiger partial charge in [-0.2, -0.15) is 0 Å². The number of aliphatic hydroxyl groups excluding tert-OH is 1. The first kappa shape index (κ1) is 14.8. The molecule has 1 aliphatic carbocycles. The minimum atomic E-state index is -3.92. The maximum atomic E-state index is 12.0. The van der Waals surface area contributed by atoms with E-state index in [4.69, 9.17) is 5.11 Å². The van der Waals surface area contributed by atoms with E-state index >= 15 is 0 Å². The molecule has 2 rings (SSSR count). The maximum absolute atomic E-state index is 12.0. The van der Waals surface area contributed by atoms with Crippen LogP contribution in [0.1, 0.15) is 23.2 Å². The number of hydrogen-bond donors (Lipinski definition) is 4. The fraction of sp³-hybridized carbons (Fsp3) is 0.417. The third-order valence-corrected chi connectivity index (χ3v) is 4.58. The van der Waals surface area contributed by atoms with Gasteiger partial charge in [-0.3, -0.25) is 0 Å². The van der Waals surface area contributed by atoms with Gasteiger partial charge in [-0.25, -0.2) is 17.9 Å². The van der Waals surface area contributed by atoms with Gasteiger partial charge in [0.15, 0.2) is 0 Å². The summed E-state index contributed by atoms with van der Waals surface area (Å²) in [7, 11) is -3.92. The average Bonchev–Trinajstić information content (AvgIpc) is 3.20. The summed E-state index contributed by atoms with van der Waals surface area (Å²) in [6, 6.07) is 2.99. The van der Waals surface area contributed by atoms with Crippen LogP contribution in [0.4, 0.5) is 0 Å². The van der Waals surface area contributed by atoms with E-state index in [-0.39, 0.29) is 17.4 Å². The van der Waals surface area contributed by atoms with Crippen LogP contribution in [0.5, 0.6) is 5.75 Å². The normalized spacial score (nSPS) is 16.9. The van der Waals surface area contributed by atoms with Gasteiger partial charge in [-0.15, -0.1) is 0 Å². The Morgan fingerprint density at radius 3 is 2.60 bits per heavy atom. The molecule has 1 saturated carbocycles. The number of aliphatic hydroxyl groups is 1. The second-order valence-corrected chi connectivity index (χ2v) is 6.51. The second kappa shape index (κ2) is 5.39. The van der Waals surface area contributed by atoms with E-state index in [2.05, 4.69) is 4.72 Å². The number of aromatic hydroxyl groups is 1. The third kappa shape index (κ3) is 3.27. The predicted octanol–water partition coefficient (Wildman–Crippen LogP) is 0.140. The molecule has 0 radical (unpaired) electrons. The van der Waals surface area contributed by atoms with Crippen molar-refractivity contribution in [2.75, 3.05) is 6.54 Å². The van der Waals surface area contributed by atoms with E-state index in [1.54, 1.807) is 0 Å². The number of carbonyl (C=O) groups is 1. The predicted molar refractivity (Wildman–Crippen MR) is 69.0 cm³/mol. The number of hydrogen-bond acceptors (Lipinski definition) is 5. The number of nitrogens with one attached hydrogen (secondary N) is 1. The SMILES string of the molecule is O=C(O)c1cc(S(=O)(=O)NCC(O)C2CC2)ccc1O. The highest BCUT2D eigenvalue weighted by Crippen LogP contribution is 2.32. The van der Waals surface area contributed by atoms with Crippen LogP contribution in [0.2, 0.25) is 0 Å².